The molecule has 38 heavy (non-hydrogen) atoms. The molecule has 3 saturated heterocycles. The van der Waals surface area contributed by atoms with Crippen LogP contribution in [0.25, 0.3) is 0 Å². The van der Waals surface area contributed by atoms with Crippen LogP contribution in [0, 0.1) is 11.3 Å². The fraction of sp³-hybridized carbons (Fsp3) is 0.667. The topological polar surface area (TPSA) is 102 Å². The minimum absolute atomic E-state index is 0.155. The van der Waals surface area contributed by atoms with E-state index in [0.29, 0.717) is 41.6 Å². The maximum absolute atomic E-state index is 10.2. The van der Waals surface area contributed by atoms with Crippen molar-refractivity contribution < 1.29 is 24.1 Å². The lowest BCUT2D eigenvalue weighted by Gasteiger charge is -2.39. The van der Waals surface area contributed by atoms with E-state index < -0.39 is 0 Å². The molecule has 0 aromatic carbocycles. The monoisotopic (exact) mass is 545 g/mol. The molecule has 0 saturated carbocycles. The van der Waals surface area contributed by atoms with Crippen molar-refractivity contribution in [1.29, 1.82) is 0 Å². The van der Waals surface area contributed by atoms with Crippen LogP contribution in [0.3, 0.4) is 0 Å². The van der Waals surface area contributed by atoms with Gasteiger partial charge in [-0.25, -0.2) is 15.0 Å². The number of hydrogen-bond acceptors (Lipinski definition) is 11. The van der Waals surface area contributed by atoms with Gasteiger partial charge >= 0.3 is 0 Å². The first-order valence-corrected chi connectivity index (χ1v) is 14.2. The molecule has 3 fully saturated rings. The minimum Gasteiger partial charge on any atom is -0.492 e. The Morgan fingerprint density at radius 1 is 1.16 bits per heavy atom. The number of methoxy groups -OCH3 is 2. The largest absolute Gasteiger partial charge is 0.492 e. The highest BCUT2D eigenvalue weighted by molar-refractivity contribution is 7.99. The summed E-state index contributed by atoms with van der Waals surface area (Å²) >= 11 is 1.48. The van der Waals surface area contributed by atoms with Crippen LogP contribution >= 0.6 is 11.8 Å². The number of nitrogens with zero attached hydrogens (tertiary/aromatic N) is 5. The second-order valence-corrected chi connectivity index (χ2v) is 11.7. The Morgan fingerprint density at radius 3 is 2.71 bits per heavy atom. The normalized spacial score (nSPS) is 22.9. The number of aromatic nitrogens is 3. The summed E-state index contributed by atoms with van der Waals surface area (Å²) in [4.78, 5) is 19.6. The Kier molecular flexibility index (Phi) is 8.89. The molecule has 0 aliphatic carbocycles. The van der Waals surface area contributed by atoms with Gasteiger partial charge < -0.3 is 33.9 Å². The van der Waals surface area contributed by atoms with Gasteiger partial charge in [-0.3, -0.25) is 0 Å². The maximum Gasteiger partial charge on any atom is 0.175 e. The molecular formula is C27H39N5O5S. The number of aliphatic hydroxyl groups is 1. The van der Waals surface area contributed by atoms with Crippen LogP contribution in [-0.4, -0.2) is 86.6 Å². The number of aliphatic hydroxyl groups excluding tert-OH is 1. The van der Waals surface area contributed by atoms with Gasteiger partial charge in [-0.2, -0.15) is 0 Å². The smallest absolute Gasteiger partial charge is 0.175 e. The van der Waals surface area contributed by atoms with Gasteiger partial charge in [0.1, 0.15) is 17.5 Å². The molecule has 1 spiro atoms. The first-order chi connectivity index (χ1) is 18.5. The Bertz CT molecular complexity index is 1080. The highest BCUT2D eigenvalue weighted by atomic mass is 32.2. The van der Waals surface area contributed by atoms with Crippen LogP contribution in [0.4, 0.5) is 11.6 Å². The van der Waals surface area contributed by atoms with E-state index in [4.69, 9.17) is 28.9 Å². The summed E-state index contributed by atoms with van der Waals surface area (Å²) in [7, 11) is 3.31. The van der Waals surface area contributed by atoms with Crippen LogP contribution in [0.1, 0.15) is 38.3 Å². The lowest BCUT2D eigenvalue weighted by atomic mass is 9.77. The van der Waals surface area contributed by atoms with Crippen molar-refractivity contribution >= 4 is 23.4 Å². The first kappa shape index (κ1) is 27.4. The molecule has 11 heteroatoms. The quantitative estimate of drug-likeness (QED) is 0.351. The molecule has 2 aromatic heterocycles. The van der Waals surface area contributed by atoms with E-state index in [1.165, 1.54) is 11.8 Å². The summed E-state index contributed by atoms with van der Waals surface area (Å²) < 4.78 is 22.3. The minimum atomic E-state index is -0.155. The summed E-state index contributed by atoms with van der Waals surface area (Å²) in [5, 5.41) is 10.9. The summed E-state index contributed by atoms with van der Waals surface area (Å²) in [5.74, 6) is 2.75. The Labute approximate surface area is 229 Å². The van der Waals surface area contributed by atoms with Crippen molar-refractivity contribution in [3.05, 3.63) is 24.2 Å². The molecule has 3 aliphatic rings. The Balaban J connectivity index is 1.27. The third-order valence-corrected chi connectivity index (χ3v) is 8.82. The molecule has 2 atom stereocenters. The number of rotatable bonds is 10. The lowest BCUT2D eigenvalue weighted by Crippen LogP contribution is -2.41. The highest BCUT2D eigenvalue weighted by Gasteiger charge is 2.41. The number of ether oxygens (including phenoxy) is 4. The van der Waals surface area contributed by atoms with Gasteiger partial charge in [-0.15, -0.1) is 0 Å². The molecule has 2 aromatic rings. The number of hydrogen-bond donors (Lipinski definition) is 1. The molecule has 208 valence electrons. The van der Waals surface area contributed by atoms with Gasteiger partial charge in [0.2, 0.25) is 0 Å². The molecule has 0 radical (unpaired) electrons. The predicted molar refractivity (Wildman–Crippen MR) is 145 cm³/mol. The van der Waals surface area contributed by atoms with Crippen LogP contribution < -0.4 is 14.5 Å². The van der Waals surface area contributed by atoms with Crippen LogP contribution in [0.2, 0.25) is 0 Å². The highest BCUT2D eigenvalue weighted by Crippen LogP contribution is 2.43. The van der Waals surface area contributed by atoms with Crippen LogP contribution in [0.5, 0.6) is 5.75 Å². The summed E-state index contributed by atoms with van der Waals surface area (Å²) in [6, 6.07) is 1.94. The van der Waals surface area contributed by atoms with Crippen molar-refractivity contribution in [3.8, 4) is 5.75 Å². The van der Waals surface area contributed by atoms with Crippen molar-refractivity contribution in [3.63, 3.8) is 0 Å². The molecule has 1 N–H and O–H groups in total. The molecule has 5 rings (SSSR count). The van der Waals surface area contributed by atoms with Crippen molar-refractivity contribution in [1.82, 2.24) is 15.0 Å². The average Bonchev–Trinajstić information content (AvgIpc) is 3.56. The van der Waals surface area contributed by atoms with Gasteiger partial charge in [-0.1, -0.05) is 11.8 Å². The van der Waals surface area contributed by atoms with E-state index >= 15 is 0 Å². The molecular weight excluding hydrogens is 506 g/mol. The van der Waals surface area contributed by atoms with E-state index in [9.17, 15) is 5.11 Å². The number of pyridine rings is 1. The van der Waals surface area contributed by atoms with E-state index in [1.807, 2.05) is 6.07 Å². The summed E-state index contributed by atoms with van der Waals surface area (Å²) in [6.07, 6.45) is 8.26. The maximum atomic E-state index is 10.2. The molecule has 1 unspecified atom stereocenters. The third kappa shape index (κ3) is 6.02. The predicted octanol–water partition coefficient (Wildman–Crippen LogP) is 3.37. The van der Waals surface area contributed by atoms with Gasteiger partial charge in [0.05, 0.1) is 44.1 Å². The van der Waals surface area contributed by atoms with Gasteiger partial charge in [0.15, 0.2) is 17.4 Å². The van der Waals surface area contributed by atoms with Crippen molar-refractivity contribution in [2.45, 2.75) is 55.2 Å². The average molecular weight is 546 g/mol. The number of piperidine rings is 1. The summed E-state index contributed by atoms with van der Waals surface area (Å²) in [5.41, 5.74) is 0.897. The molecule has 0 bridgehead atoms. The van der Waals surface area contributed by atoms with E-state index in [0.717, 1.165) is 80.7 Å². The van der Waals surface area contributed by atoms with E-state index in [-0.39, 0.29) is 6.61 Å². The van der Waals surface area contributed by atoms with E-state index in [1.54, 1.807) is 26.6 Å². The standard InChI is InChI=1S/C27H39N5O5S/c1-19-12-27(17-37-19)6-10-31(11-7-27)25-21(15-33)30-23(13-29-25)38-22-4-8-28-26(24(22)35-3)32-9-5-20(14-32)16-36-18-34-2/h4,8,13,19-20,33H,5-7,9-12,14-18H2,1-3H3/t19-,20?/m0/s1. The zero-order valence-corrected chi connectivity index (χ0v) is 23.4. The van der Waals surface area contributed by atoms with E-state index in [2.05, 4.69) is 21.7 Å². The summed E-state index contributed by atoms with van der Waals surface area (Å²) in [6.45, 7) is 7.39. The van der Waals surface area contributed by atoms with Gasteiger partial charge in [0.25, 0.3) is 0 Å². The van der Waals surface area contributed by atoms with Crippen molar-refractivity contribution in [2.24, 2.45) is 11.3 Å². The molecule has 3 aliphatic heterocycles. The third-order valence-electron chi connectivity index (χ3n) is 7.88. The molecule has 5 heterocycles. The fourth-order valence-electron chi connectivity index (χ4n) is 5.90. The second-order valence-electron chi connectivity index (χ2n) is 10.6. The van der Waals surface area contributed by atoms with Crippen LogP contribution in [-0.2, 0) is 20.8 Å². The zero-order valence-electron chi connectivity index (χ0n) is 22.6. The fourth-order valence-corrected chi connectivity index (χ4v) is 6.78. The molecule has 0 amide bonds. The Hall–Kier alpha value is -2.18. The second kappa shape index (κ2) is 12.3. The van der Waals surface area contributed by atoms with Crippen LogP contribution in [0.15, 0.2) is 28.4 Å². The van der Waals surface area contributed by atoms with Gasteiger partial charge in [-0.05, 0) is 44.1 Å². The zero-order chi connectivity index (χ0) is 26.5. The Morgan fingerprint density at radius 2 is 2.00 bits per heavy atom. The SMILES string of the molecule is COCOCC1CCN(c2nccc(Sc3cnc(N4CCC5(CC4)CO[C@@H](C)C5)c(CO)n3)c2OC)C1. The van der Waals surface area contributed by atoms with Gasteiger partial charge in [0, 0.05) is 45.4 Å². The van der Waals surface area contributed by atoms with Crippen molar-refractivity contribution in [2.75, 3.05) is 70.2 Å². The molecule has 10 nitrogen and oxygen atoms in total. The lowest BCUT2D eigenvalue weighted by molar-refractivity contribution is -0.0411. The number of anilines is 2. The first-order valence-electron chi connectivity index (χ1n) is 13.4.